The molecule has 0 fully saturated rings. The number of aromatic nitrogens is 1. The van der Waals surface area contributed by atoms with Crippen molar-refractivity contribution in [1.82, 2.24) is 4.98 Å². The van der Waals surface area contributed by atoms with Crippen molar-refractivity contribution >= 4 is 27.5 Å². The van der Waals surface area contributed by atoms with Gasteiger partial charge >= 0.3 is 6.18 Å². The van der Waals surface area contributed by atoms with Gasteiger partial charge in [0, 0.05) is 12.1 Å². The van der Waals surface area contributed by atoms with Crippen LogP contribution < -0.4 is 0 Å². The first-order valence-electron chi connectivity index (χ1n) is 3.22. The first-order chi connectivity index (χ1) is 5.95. The molecule has 0 aliphatic rings. The zero-order valence-electron chi connectivity index (χ0n) is 6.20. The van der Waals surface area contributed by atoms with E-state index in [4.69, 9.17) is 11.6 Å². The highest BCUT2D eigenvalue weighted by molar-refractivity contribution is 9.10. The van der Waals surface area contributed by atoms with Gasteiger partial charge in [-0.25, -0.2) is 4.98 Å². The number of hydrogen-bond acceptors (Lipinski definition) is 1. The van der Waals surface area contributed by atoms with Gasteiger partial charge in [-0.3, -0.25) is 0 Å². The summed E-state index contributed by atoms with van der Waals surface area (Å²) >= 11 is 8.10. The molecule has 0 saturated carbocycles. The molecule has 0 aromatic carbocycles. The summed E-state index contributed by atoms with van der Waals surface area (Å²) in [6, 6.07) is 0.976. The maximum atomic E-state index is 12.3. The maximum Gasteiger partial charge on any atom is 0.419 e. The van der Waals surface area contributed by atoms with Crippen LogP contribution in [0, 0.1) is 0 Å². The van der Waals surface area contributed by atoms with Gasteiger partial charge in [0.05, 0.1) is 5.56 Å². The Labute approximate surface area is 86.0 Å². The van der Waals surface area contributed by atoms with Crippen LogP contribution in [0.4, 0.5) is 13.2 Å². The predicted molar refractivity (Wildman–Crippen MR) is 46.5 cm³/mol. The number of nitrogens with zero attached hydrogens (tertiary/aromatic N) is 1. The van der Waals surface area contributed by atoms with Gasteiger partial charge in [-0.05, 0) is 27.6 Å². The normalized spacial score (nSPS) is 11.8. The minimum absolute atomic E-state index is 0.0172. The van der Waals surface area contributed by atoms with E-state index in [0.717, 1.165) is 6.07 Å². The first-order valence-corrected chi connectivity index (χ1v) is 4.55. The van der Waals surface area contributed by atoms with E-state index in [9.17, 15) is 13.2 Å². The molecule has 72 valence electrons. The van der Waals surface area contributed by atoms with Crippen LogP contribution in [0.5, 0.6) is 0 Å². The summed E-state index contributed by atoms with van der Waals surface area (Å²) in [7, 11) is 0. The minimum atomic E-state index is -4.39. The third-order valence-corrected chi connectivity index (χ3v) is 2.30. The summed E-state index contributed by atoms with van der Waals surface area (Å²) in [5.41, 5.74) is -0.456. The van der Waals surface area contributed by atoms with Crippen molar-refractivity contribution in [3.8, 4) is 0 Å². The van der Waals surface area contributed by atoms with E-state index < -0.39 is 11.7 Å². The Balaban J connectivity index is 3.19. The van der Waals surface area contributed by atoms with Crippen molar-refractivity contribution in [3.05, 3.63) is 28.0 Å². The molecule has 0 amide bonds. The molecule has 1 nitrogen and oxygen atoms in total. The average molecular weight is 274 g/mol. The summed E-state index contributed by atoms with van der Waals surface area (Å²) in [5, 5.41) is 0. The lowest BCUT2D eigenvalue weighted by Crippen LogP contribution is -2.07. The van der Waals surface area contributed by atoms with E-state index in [1.54, 1.807) is 0 Å². The fraction of sp³-hybridized carbons (Fsp3) is 0.286. The van der Waals surface area contributed by atoms with E-state index in [1.165, 1.54) is 6.20 Å². The molecule has 1 aromatic heterocycles. The van der Waals surface area contributed by atoms with Crippen molar-refractivity contribution < 1.29 is 13.2 Å². The molecular weight excluding hydrogens is 270 g/mol. The molecule has 0 aliphatic carbocycles. The van der Waals surface area contributed by atoms with Gasteiger partial charge in [-0.2, -0.15) is 13.2 Å². The van der Waals surface area contributed by atoms with Crippen LogP contribution in [-0.4, -0.2) is 4.98 Å². The van der Waals surface area contributed by atoms with Gasteiger partial charge < -0.3 is 0 Å². The first kappa shape index (κ1) is 10.8. The smallest absolute Gasteiger partial charge is 0.248 e. The number of alkyl halides is 4. The molecule has 0 atom stereocenters. The molecule has 6 heteroatoms. The fourth-order valence-corrected chi connectivity index (χ4v) is 1.35. The number of pyridine rings is 1. The largest absolute Gasteiger partial charge is 0.419 e. The van der Waals surface area contributed by atoms with Crippen LogP contribution in [0.25, 0.3) is 0 Å². The van der Waals surface area contributed by atoms with Crippen LogP contribution in [-0.2, 0) is 12.1 Å². The quantitative estimate of drug-likeness (QED) is 0.563. The molecule has 1 rings (SSSR count). The molecule has 0 bridgehead atoms. The summed E-state index contributed by atoms with van der Waals surface area (Å²) in [6.07, 6.45) is -3.10. The van der Waals surface area contributed by atoms with Crippen LogP contribution in [0.2, 0.25) is 0 Å². The van der Waals surface area contributed by atoms with Crippen molar-refractivity contribution in [3.63, 3.8) is 0 Å². The van der Waals surface area contributed by atoms with E-state index in [2.05, 4.69) is 20.9 Å². The Morgan fingerprint density at radius 1 is 1.46 bits per heavy atom. The van der Waals surface area contributed by atoms with Crippen molar-refractivity contribution in [2.45, 2.75) is 12.1 Å². The highest BCUT2D eigenvalue weighted by Crippen LogP contribution is 2.34. The summed E-state index contributed by atoms with van der Waals surface area (Å²) < 4.78 is 36.5. The molecule has 0 unspecified atom stereocenters. The molecule has 0 aliphatic heterocycles. The van der Waals surface area contributed by atoms with Crippen LogP contribution in [0.3, 0.4) is 0 Å². The zero-order chi connectivity index (χ0) is 10.1. The molecule has 13 heavy (non-hydrogen) atoms. The van der Waals surface area contributed by atoms with Gasteiger partial charge in [0.2, 0.25) is 0 Å². The predicted octanol–water partition coefficient (Wildman–Crippen LogP) is 3.60. The molecule has 1 heterocycles. The van der Waals surface area contributed by atoms with E-state index >= 15 is 0 Å². The second-order valence-corrected chi connectivity index (χ2v) is 3.33. The average Bonchev–Trinajstić information content (AvgIpc) is 2.03. The van der Waals surface area contributed by atoms with Crippen LogP contribution in [0.15, 0.2) is 16.9 Å². The second kappa shape index (κ2) is 3.84. The third-order valence-electron chi connectivity index (χ3n) is 1.36. The van der Waals surface area contributed by atoms with Gasteiger partial charge in [0.1, 0.15) is 4.60 Å². The number of rotatable bonds is 1. The zero-order valence-corrected chi connectivity index (χ0v) is 8.54. The fourth-order valence-electron chi connectivity index (χ4n) is 0.763. The van der Waals surface area contributed by atoms with Gasteiger partial charge in [-0.15, -0.1) is 11.6 Å². The standard InChI is InChI=1S/C7H4BrClF3N/c8-6-5(7(10,11)12)1-4(2-9)3-13-6/h1,3H,2H2. The molecule has 0 spiro atoms. The SMILES string of the molecule is FC(F)(F)c1cc(CCl)cnc1Br. The lowest BCUT2D eigenvalue weighted by atomic mass is 10.2. The topological polar surface area (TPSA) is 12.9 Å². The molecular formula is C7H4BrClF3N. The lowest BCUT2D eigenvalue weighted by molar-refractivity contribution is -0.138. The minimum Gasteiger partial charge on any atom is -0.248 e. The Kier molecular flexibility index (Phi) is 3.18. The second-order valence-electron chi connectivity index (χ2n) is 2.31. The van der Waals surface area contributed by atoms with Crippen molar-refractivity contribution in [2.24, 2.45) is 0 Å². The summed E-state index contributed by atoms with van der Waals surface area (Å²) in [5.74, 6) is 0.0172. The Morgan fingerprint density at radius 3 is 2.54 bits per heavy atom. The highest BCUT2D eigenvalue weighted by Gasteiger charge is 2.33. The maximum absolute atomic E-state index is 12.3. The Hall–Kier alpha value is -0.290. The molecule has 0 radical (unpaired) electrons. The van der Waals surface area contributed by atoms with E-state index in [0.29, 0.717) is 5.56 Å². The Morgan fingerprint density at radius 2 is 2.08 bits per heavy atom. The monoisotopic (exact) mass is 273 g/mol. The Bertz CT molecular complexity index is 313. The van der Waals surface area contributed by atoms with Gasteiger partial charge in [-0.1, -0.05) is 0 Å². The van der Waals surface area contributed by atoms with Gasteiger partial charge in [0.25, 0.3) is 0 Å². The summed E-state index contributed by atoms with van der Waals surface area (Å²) in [6.45, 7) is 0. The number of halogens is 5. The van der Waals surface area contributed by atoms with Crippen molar-refractivity contribution in [1.29, 1.82) is 0 Å². The van der Waals surface area contributed by atoms with Crippen LogP contribution >= 0.6 is 27.5 Å². The number of hydrogen-bond donors (Lipinski definition) is 0. The molecule has 1 aromatic rings. The van der Waals surface area contributed by atoms with Crippen molar-refractivity contribution in [2.75, 3.05) is 0 Å². The lowest BCUT2D eigenvalue weighted by Gasteiger charge is -2.08. The van der Waals surface area contributed by atoms with Crippen LogP contribution in [0.1, 0.15) is 11.1 Å². The molecule has 0 saturated heterocycles. The molecule has 0 N–H and O–H groups in total. The summed E-state index contributed by atoms with van der Waals surface area (Å²) in [4.78, 5) is 3.53. The third kappa shape index (κ3) is 2.57. The van der Waals surface area contributed by atoms with E-state index in [1.807, 2.05) is 0 Å². The highest BCUT2D eigenvalue weighted by atomic mass is 79.9. The van der Waals surface area contributed by atoms with Gasteiger partial charge in [0.15, 0.2) is 0 Å². The van der Waals surface area contributed by atoms with E-state index in [-0.39, 0.29) is 10.5 Å².